The zero-order valence-corrected chi connectivity index (χ0v) is 32.0. The first-order chi connectivity index (χ1) is 28.1. The normalized spacial score (nSPS) is 12.9. The molecule has 0 spiro atoms. The molecule has 10 aromatic rings. The molecule has 0 atom stereocenters. The zero-order chi connectivity index (χ0) is 38.1. The van der Waals surface area contributed by atoms with Gasteiger partial charge >= 0.3 is 0 Å². The lowest BCUT2D eigenvalue weighted by Gasteiger charge is -2.31. The summed E-state index contributed by atoms with van der Waals surface area (Å²) in [6.45, 7) is 4.74. The van der Waals surface area contributed by atoms with Crippen LogP contribution < -0.4 is 4.90 Å². The molecular formula is C55H40N2. The molecule has 0 fully saturated rings. The number of para-hydroxylation sites is 2. The minimum atomic E-state index is -0.135. The summed E-state index contributed by atoms with van der Waals surface area (Å²) in [5.41, 5.74) is 17.0. The molecular weight excluding hydrogens is 689 g/mol. The Morgan fingerprint density at radius 3 is 1.81 bits per heavy atom. The van der Waals surface area contributed by atoms with Crippen molar-refractivity contribution in [1.29, 1.82) is 0 Å². The van der Waals surface area contributed by atoms with Crippen LogP contribution >= 0.6 is 0 Å². The molecule has 57 heavy (non-hydrogen) atoms. The predicted octanol–water partition coefficient (Wildman–Crippen LogP) is 15.0. The molecule has 0 unspecified atom stereocenters. The highest BCUT2D eigenvalue weighted by molar-refractivity contribution is 6.18. The maximum absolute atomic E-state index is 2.56. The smallest absolute Gasteiger partial charge is 0.0562 e. The molecule has 0 N–H and O–H groups in total. The van der Waals surface area contributed by atoms with Crippen molar-refractivity contribution in [3.8, 4) is 39.1 Å². The van der Waals surface area contributed by atoms with Crippen LogP contribution in [0.4, 0.5) is 17.1 Å². The summed E-state index contributed by atoms with van der Waals surface area (Å²) in [4.78, 5) is 2.56. The molecule has 270 valence electrons. The highest BCUT2D eigenvalue weighted by Gasteiger charge is 2.37. The fraction of sp³-hybridized carbons (Fsp3) is 0.0545. The summed E-state index contributed by atoms with van der Waals surface area (Å²) >= 11 is 0. The fourth-order valence-electron chi connectivity index (χ4n) is 9.67. The van der Waals surface area contributed by atoms with Gasteiger partial charge in [0.25, 0.3) is 0 Å². The number of hydrogen-bond acceptors (Lipinski definition) is 1. The minimum Gasteiger partial charge on any atom is -0.309 e. The lowest BCUT2D eigenvalue weighted by atomic mass is 9.81. The summed E-state index contributed by atoms with van der Waals surface area (Å²) in [6.07, 6.45) is 0. The lowest BCUT2D eigenvalue weighted by molar-refractivity contribution is 0.660. The molecule has 1 aromatic heterocycles. The van der Waals surface area contributed by atoms with E-state index >= 15 is 0 Å². The second kappa shape index (κ2) is 13.0. The van der Waals surface area contributed by atoms with Crippen LogP contribution in [0, 0.1) is 0 Å². The maximum Gasteiger partial charge on any atom is 0.0562 e. The van der Waals surface area contributed by atoms with Gasteiger partial charge in [0.2, 0.25) is 0 Å². The Balaban J connectivity index is 1.31. The molecule has 0 bridgehead atoms. The molecule has 0 radical (unpaired) electrons. The van der Waals surface area contributed by atoms with E-state index in [1.165, 1.54) is 77.1 Å². The first-order valence-corrected chi connectivity index (χ1v) is 19.9. The van der Waals surface area contributed by atoms with Gasteiger partial charge in [-0.15, -0.1) is 0 Å². The van der Waals surface area contributed by atoms with Gasteiger partial charge in [-0.1, -0.05) is 178 Å². The number of rotatable bonds is 6. The fourth-order valence-corrected chi connectivity index (χ4v) is 9.67. The first-order valence-electron chi connectivity index (χ1n) is 19.9. The van der Waals surface area contributed by atoms with Crippen LogP contribution in [-0.4, -0.2) is 4.57 Å². The average molecular weight is 729 g/mol. The van der Waals surface area contributed by atoms with E-state index < -0.39 is 0 Å². The molecule has 11 rings (SSSR count). The number of benzene rings is 9. The van der Waals surface area contributed by atoms with Crippen LogP contribution in [0.2, 0.25) is 0 Å². The van der Waals surface area contributed by atoms with Crippen molar-refractivity contribution >= 4 is 49.6 Å². The lowest BCUT2D eigenvalue weighted by Crippen LogP contribution is -2.15. The molecule has 0 amide bonds. The molecule has 1 aliphatic carbocycles. The van der Waals surface area contributed by atoms with E-state index in [-0.39, 0.29) is 5.41 Å². The monoisotopic (exact) mass is 728 g/mol. The summed E-state index contributed by atoms with van der Waals surface area (Å²) in [7, 11) is 0. The van der Waals surface area contributed by atoms with Crippen molar-refractivity contribution < 1.29 is 0 Å². The van der Waals surface area contributed by atoms with Gasteiger partial charge in [-0.05, 0) is 86.8 Å². The first kappa shape index (κ1) is 33.2. The average Bonchev–Trinajstić information content (AvgIpc) is 3.73. The highest BCUT2D eigenvalue weighted by atomic mass is 15.2. The second-order valence-corrected chi connectivity index (χ2v) is 15.7. The van der Waals surface area contributed by atoms with Crippen LogP contribution in [0.5, 0.6) is 0 Å². The van der Waals surface area contributed by atoms with Gasteiger partial charge in [0.1, 0.15) is 0 Å². The van der Waals surface area contributed by atoms with Gasteiger partial charge in [-0.25, -0.2) is 0 Å². The van der Waals surface area contributed by atoms with Crippen LogP contribution in [0.3, 0.4) is 0 Å². The summed E-state index contributed by atoms with van der Waals surface area (Å²) < 4.78 is 2.42. The Labute approximate surface area is 333 Å². The van der Waals surface area contributed by atoms with Gasteiger partial charge in [-0.3, -0.25) is 0 Å². The Kier molecular flexibility index (Phi) is 7.55. The SMILES string of the molecule is CC1(C)c2ccccc2-c2c(-c3c(-c4ccccc4)cccc3N(c3cccc4ccccc34)c3cccc4c3c3ccccc3n4-c3ccccc3)cccc21. The highest BCUT2D eigenvalue weighted by Crippen LogP contribution is 2.56. The van der Waals surface area contributed by atoms with E-state index in [9.17, 15) is 0 Å². The molecule has 0 saturated heterocycles. The van der Waals surface area contributed by atoms with Gasteiger partial charge in [0.05, 0.1) is 28.1 Å². The van der Waals surface area contributed by atoms with Crippen molar-refractivity contribution in [2.24, 2.45) is 0 Å². The summed E-state index contributed by atoms with van der Waals surface area (Å²) in [6, 6.07) is 75.7. The van der Waals surface area contributed by atoms with Gasteiger partial charge in [0, 0.05) is 32.8 Å². The molecule has 2 heteroatoms. The topological polar surface area (TPSA) is 8.17 Å². The number of hydrogen-bond donors (Lipinski definition) is 0. The Hall–Kier alpha value is -7.16. The van der Waals surface area contributed by atoms with E-state index in [2.05, 4.69) is 230 Å². The second-order valence-electron chi connectivity index (χ2n) is 15.7. The van der Waals surface area contributed by atoms with E-state index in [0.29, 0.717) is 0 Å². The number of aromatic nitrogens is 1. The predicted molar refractivity (Wildman–Crippen MR) is 241 cm³/mol. The van der Waals surface area contributed by atoms with Crippen LogP contribution in [0.25, 0.3) is 71.6 Å². The van der Waals surface area contributed by atoms with Crippen LogP contribution in [-0.2, 0) is 5.41 Å². The quantitative estimate of drug-likeness (QED) is 0.165. The van der Waals surface area contributed by atoms with Gasteiger partial charge in [0.15, 0.2) is 0 Å². The third-order valence-electron chi connectivity index (χ3n) is 12.2. The van der Waals surface area contributed by atoms with Gasteiger partial charge in [-0.2, -0.15) is 0 Å². The van der Waals surface area contributed by atoms with E-state index in [1.807, 2.05) is 0 Å². The molecule has 2 nitrogen and oxygen atoms in total. The molecule has 0 aliphatic heterocycles. The Bertz CT molecular complexity index is 3150. The molecule has 1 heterocycles. The molecule has 0 saturated carbocycles. The third kappa shape index (κ3) is 5.04. The maximum atomic E-state index is 2.56. The van der Waals surface area contributed by atoms with E-state index in [1.54, 1.807) is 0 Å². The van der Waals surface area contributed by atoms with Crippen LogP contribution in [0.1, 0.15) is 25.0 Å². The van der Waals surface area contributed by atoms with Crippen LogP contribution in [0.15, 0.2) is 206 Å². The minimum absolute atomic E-state index is 0.135. The Morgan fingerprint density at radius 1 is 0.386 bits per heavy atom. The Morgan fingerprint density at radius 2 is 0.947 bits per heavy atom. The summed E-state index contributed by atoms with van der Waals surface area (Å²) in [5, 5.41) is 4.83. The standard InChI is InChI=1S/C55H40N2/c1-55(2)45-30-13-11-26-42(45)52-44(29-16-31-46(52)55)53-41(38-19-5-3-6-20-38)28-17-34-49(53)57(47-33-15-22-37-21-9-10-25-40(37)47)51-36-18-35-50-54(51)43-27-12-14-32-48(43)56(50)39-23-7-4-8-24-39/h3-36H,1-2H3. The largest absolute Gasteiger partial charge is 0.309 e. The van der Waals surface area contributed by atoms with Crippen molar-refractivity contribution in [3.05, 3.63) is 217 Å². The summed E-state index contributed by atoms with van der Waals surface area (Å²) in [5.74, 6) is 0. The number of fused-ring (bicyclic) bond motifs is 7. The number of nitrogens with zero attached hydrogens (tertiary/aromatic N) is 2. The zero-order valence-electron chi connectivity index (χ0n) is 32.0. The van der Waals surface area contributed by atoms with Crippen molar-refractivity contribution in [2.45, 2.75) is 19.3 Å². The van der Waals surface area contributed by atoms with E-state index in [4.69, 9.17) is 0 Å². The van der Waals surface area contributed by atoms with Gasteiger partial charge < -0.3 is 9.47 Å². The third-order valence-corrected chi connectivity index (χ3v) is 12.2. The van der Waals surface area contributed by atoms with E-state index in [0.717, 1.165) is 22.7 Å². The molecule has 1 aliphatic rings. The van der Waals surface area contributed by atoms with Crippen molar-refractivity contribution in [1.82, 2.24) is 4.57 Å². The van der Waals surface area contributed by atoms with Crippen molar-refractivity contribution in [2.75, 3.05) is 4.90 Å². The van der Waals surface area contributed by atoms with Crippen molar-refractivity contribution in [3.63, 3.8) is 0 Å². The number of anilines is 3. The molecule has 9 aromatic carbocycles.